The Hall–Kier alpha value is -4.90. The number of esters is 1. The number of benzene rings is 3. The monoisotopic (exact) mass is 563 g/mol. The highest BCUT2D eigenvalue weighted by molar-refractivity contribution is 5.86. The van der Waals surface area contributed by atoms with Gasteiger partial charge in [0.25, 0.3) is 0 Å². The lowest BCUT2D eigenvalue weighted by molar-refractivity contribution is -0.142. The van der Waals surface area contributed by atoms with E-state index in [0.717, 1.165) is 5.56 Å². The number of nitrogens with one attached hydrogen (secondary N) is 3. The van der Waals surface area contributed by atoms with Gasteiger partial charge in [-0.1, -0.05) is 72.8 Å². The van der Waals surface area contributed by atoms with Gasteiger partial charge in [0.15, 0.2) is 0 Å². The van der Waals surface area contributed by atoms with E-state index in [0.29, 0.717) is 16.8 Å². The van der Waals surface area contributed by atoms with Crippen LogP contribution >= 0.6 is 0 Å². The largest absolute Gasteiger partial charge is 0.516 e. The van der Waals surface area contributed by atoms with E-state index in [1.54, 1.807) is 81.4 Å². The molecule has 3 aromatic rings. The van der Waals surface area contributed by atoms with Gasteiger partial charge in [-0.25, -0.2) is 24.6 Å². The maximum Gasteiger partial charge on any atom is 0.516 e. The molecule has 0 bridgehead atoms. The van der Waals surface area contributed by atoms with Crippen molar-refractivity contribution in [3.8, 4) is 0 Å². The molecule has 0 heterocycles. The molecule has 3 rings (SSSR count). The Morgan fingerprint density at radius 2 is 1.32 bits per heavy atom. The zero-order valence-electron chi connectivity index (χ0n) is 23.0. The highest BCUT2D eigenvalue weighted by Gasteiger charge is 2.25. The molecule has 216 valence electrons. The molecule has 0 saturated heterocycles. The van der Waals surface area contributed by atoms with Gasteiger partial charge in [0.05, 0.1) is 0 Å². The summed E-state index contributed by atoms with van der Waals surface area (Å²) in [6.07, 6.45) is -2.72. The Balaban J connectivity index is 1.63. The Kier molecular flexibility index (Phi) is 11.2. The molecule has 0 aliphatic heterocycles. The van der Waals surface area contributed by atoms with Crippen molar-refractivity contribution in [1.29, 1.82) is 0 Å². The van der Waals surface area contributed by atoms with E-state index < -0.39 is 36.0 Å². The number of hydrogen-bond acceptors (Lipinski definition) is 9. The third-order valence-electron chi connectivity index (χ3n) is 5.24. The van der Waals surface area contributed by atoms with E-state index in [-0.39, 0.29) is 19.6 Å². The molecule has 11 nitrogen and oxygen atoms in total. The third-order valence-corrected chi connectivity index (χ3v) is 5.24. The van der Waals surface area contributed by atoms with Crippen molar-refractivity contribution < 1.29 is 38.1 Å². The first-order valence-electron chi connectivity index (χ1n) is 12.8. The summed E-state index contributed by atoms with van der Waals surface area (Å²) >= 11 is 0. The third kappa shape index (κ3) is 11.8. The van der Waals surface area contributed by atoms with Crippen LogP contribution in [-0.4, -0.2) is 36.0 Å². The van der Waals surface area contributed by atoms with E-state index in [1.165, 1.54) is 0 Å². The second-order valence-corrected chi connectivity index (χ2v) is 9.86. The van der Waals surface area contributed by atoms with E-state index in [9.17, 15) is 19.2 Å². The van der Waals surface area contributed by atoms with Crippen LogP contribution in [0, 0.1) is 0 Å². The maximum atomic E-state index is 12.9. The molecule has 2 amide bonds. The summed E-state index contributed by atoms with van der Waals surface area (Å²) in [6, 6.07) is 23.3. The first-order chi connectivity index (χ1) is 19.6. The molecule has 0 spiro atoms. The summed E-state index contributed by atoms with van der Waals surface area (Å²) in [7, 11) is 0. The fraction of sp³-hybridized carbons (Fsp3) is 0.267. The van der Waals surface area contributed by atoms with Crippen LogP contribution in [0.2, 0.25) is 0 Å². The molecule has 0 radical (unpaired) electrons. The quantitative estimate of drug-likeness (QED) is 0.130. The van der Waals surface area contributed by atoms with Crippen molar-refractivity contribution in [3.05, 3.63) is 102 Å². The van der Waals surface area contributed by atoms with Gasteiger partial charge >= 0.3 is 24.3 Å². The van der Waals surface area contributed by atoms with Gasteiger partial charge in [-0.3, -0.25) is 10.7 Å². The van der Waals surface area contributed by atoms with Crippen molar-refractivity contribution in [1.82, 2.24) is 10.9 Å². The number of hydrogen-bond donors (Lipinski definition) is 3. The molecule has 1 atom stereocenters. The van der Waals surface area contributed by atoms with Crippen LogP contribution in [0.4, 0.5) is 20.1 Å². The fourth-order valence-corrected chi connectivity index (χ4v) is 3.43. The van der Waals surface area contributed by atoms with Crippen LogP contribution < -0.4 is 16.2 Å². The van der Waals surface area contributed by atoms with Crippen molar-refractivity contribution in [3.63, 3.8) is 0 Å². The zero-order valence-corrected chi connectivity index (χ0v) is 23.0. The van der Waals surface area contributed by atoms with Crippen LogP contribution in [0.3, 0.4) is 0 Å². The van der Waals surface area contributed by atoms with Gasteiger partial charge < -0.3 is 18.9 Å². The maximum absolute atomic E-state index is 12.9. The number of anilines is 1. The molecule has 3 aromatic carbocycles. The molecule has 0 aliphatic carbocycles. The minimum atomic E-state index is -1.22. The minimum Gasteiger partial charge on any atom is -0.444 e. The van der Waals surface area contributed by atoms with E-state index in [2.05, 4.69) is 16.2 Å². The average Bonchev–Trinajstić information content (AvgIpc) is 2.93. The molecule has 41 heavy (non-hydrogen) atoms. The van der Waals surface area contributed by atoms with E-state index >= 15 is 0 Å². The lowest BCUT2D eigenvalue weighted by Crippen LogP contribution is -2.50. The van der Waals surface area contributed by atoms with Crippen molar-refractivity contribution in [2.24, 2.45) is 0 Å². The Labute approximate surface area is 238 Å². The lowest BCUT2D eigenvalue weighted by Gasteiger charge is -2.20. The van der Waals surface area contributed by atoms with Gasteiger partial charge in [0.1, 0.15) is 24.9 Å². The highest BCUT2D eigenvalue weighted by Crippen LogP contribution is 2.15. The average molecular weight is 564 g/mol. The van der Waals surface area contributed by atoms with Crippen LogP contribution in [0.5, 0.6) is 0 Å². The summed E-state index contributed by atoms with van der Waals surface area (Å²) in [6.45, 7) is 5.15. The Morgan fingerprint density at radius 3 is 1.93 bits per heavy atom. The van der Waals surface area contributed by atoms with Gasteiger partial charge in [-0.2, -0.15) is 0 Å². The van der Waals surface area contributed by atoms with E-state index in [4.69, 9.17) is 18.9 Å². The number of amides is 2. The van der Waals surface area contributed by atoms with Crippen LogP contribution in [0.25, 0.3) is 0 Å². The summed E-state index contributed by atoms with van der Waals surface area (Å²) in [5.41, 5.74) is 6.65. The molecule has 0 aromatic heterocycles. The summed E-state index contributed by atoms with van der Waals surface area (Å²) in [5, 5.41) is 2.63. The molecule has 3 N–H and O–H groups in total. The van der Waals surface area contributed by atoms with Crippen molar-refractivity contribution >= 4 is 30.0 Å². The normalized spacial score (nSPS) is 11.5. The molecular weight excluding hydrogens is 530 g/mol. The predicted molar refractivity (Wildman–Crippen MR) is 149 cm³/mol. The second kappa shape index (κ2) is 15.0. The number of ether oxygens (including phenoxy) is 4. The van der Waals surface area contributed by atoms with Gasteiger partial charge in [0, 0.05) is 12.1 Å². The van der Waals surface area contributed by atoms with Crippen LogP contribution in [0.1, 0.15) is 37.5 Å². The molecule has 11 heteroatoms. The molecule has 0 fully saturated rings. The lowest BCUT2D eigenvalue weighted by atomic mass is 10.1. The summed E-state index contributed by atoms with van der Waals surface area (Å²) < 4.78 is 20.3. The second-order valence-electron chi connectivity index (χ2n) is 9.86. The van der Waals surface area contributed by atoms with Gasteiger partial charge in [-0.05, 0) is 49.6 Å². The number of carbonyl (C=O) groups is 4. The van der Waals surface area contributed by atoms with E-state index in [1.807, 2.05) is 24.3 Å². The van der Waals surface area contributed by atoms with Crippen molar-refractivity contribution in [2.45, 2.75) is 52.0 Å². The summed E-state index contributed by atoms with van der Waals surface area (Å²) in [4.78, 5) is 49.5. The number of hydrazine groups is 1. The predicted octanol–water partition coefficient (Wildman–Crippen LogP) is 5.26. The molecule has 0 aliphatic rings. The molecule has 0 unspecified atom stereocenters. The summed E-state index contributed by atoms with van der Waals surface area (Å²) in [5.74, 6) is -1.00. The molecule has 0 saturated carbocycles. The van der Waals surface area contributed by atoms with Gasteiger partial charge in [-0.15, -0.1) is 0 Å². The van der Waals surface area contributed by atoms with Crippen LogP contribution in [0.15, 0.2) is 84.9 Å². The first kappa shape index (κ1) is 30.6. The SMILES string of the molecule is CC(C)(C)OC(=O)Nc1cccc(C[C@H](NNC(=O)OCc2ccccc2)C(=O)OC(=O)OCc2ccccc2)c1. The topological polar surface area (TPSA) is 141 Å². The first-order valence-corrected chi connectivity index (χ1v) is 12.8. The zero-order chi connectivity index (χ0) is 29.7. The molecular formula is C30H33N3O8. The number of rotatable bonds is 10. The Bertz CT molecular complexity index is 1310. The standard InChI is InChI=1S/C30H33N3O8/c1-30(2,3)41-27(35)31-24-16-10-15-23(17-24)18-25(32-33-28(36)38-19-21-11-6-4-7-12-21)26(34)40-29(37)39-20-22-13-8-5-9-14-22/h4-17,25,32H,18-20H2,1-3H3,(H,31,35)(H,33,36)/t25-/m0/s1. The Morgan fingerprint density at radius 1 is 0.732 bits per heavy atom. The van der Waals surface area contributed by atoms with Crippen LogP contribution in [-0.2, 0) is 43.4 Å². The fourth-order valence-electron chi connectivity index (χ4n) is 3.43. The highest BCUT2D eigenvalue weighted by atomic mass is 16.7. The van der Waals surface area contributed by atoms with Gasteiger partial charge in [0.2, 0.25) is 0 Å². The number of carbonyl (C=O) groups excluding carboxylic acids is 4. The van der Waals surface area contributed by atoms with Crippen molar-refractivity contribution in [2.75, 3.05) is 5.32 Å². The minimum absolute atomic E-state index is 0.00760. The smallest absolute Gasteiger partial charge is 0.444 e.